The van der Waals surface area contributed by atoms with E-state index in [4.69, 9.17) is 10.8 Å². The summed E-state index contributed by atoms with van der Waals surface area (Å²) in [5.41, 5.74) is 5.70. The summed E-state index contributed by atoms with van der Waals surface area (Å²) in [6, 6.07) is 0. The summed E-state index contributed by atoms with van der Waals surface area (Å²) in [5, 5.41) is 15.4. The van der Waals surface area contributed by atoms with Crippen LogP contribution in [0.2, 0.25) is 0 Å². The summed E-state index contributed by atoms with van der Waals surface area (Å²) < 4.78 is 0. The summed E-state index contributed by atoms with van der Waals surface area (Å²) in [5.74, 6) is 0.0674. The molecule has 7 heteroatoms. The molecule has 0 aliphatic carbocycles. The first-order valence-corrected chi connectivity index (χ1v) is 7.60. The molecule has 0 radical (unpaired) electrons. The van der Waals surface area contributed by atoms with Crippen molar-refractivity contribution in [1.82, 2.24) is 10.3 Å². The van der Waals surface area contributed by atoms with Crippen LogP contribution in [-0.2, 0) is 0 Å². The number of carbonyl (C=O) groups is 1. The Bertz CT molecular complexity index is 446. The summed E-state index contributed by atoms with van der Waals surface area (Å²) in [6.45, 7) is 7.53. The smallest absolute Gasteiger partial charge is 0.265 e. The van der Waals surface area contributed by atoms with Gasteiger partial charge >= 0.3 is 0 Å². The van der Waals surface area contributed by atoms with Gasteiger partial charge in [-0.2, -0.15) is 0 Å². The van der Waals surface area contributed by atoms with Crippen molar-refractivity contribution in [2.75, 3.05) is 30.7 Å². The molecule has 0 aliphatic heterocycles. The number of hydrogen-bond donors (Lipinski definition) is 4. The number of nitrogens with one attached hydrogen (secondary N) is 2. The number of nitrogens with zero attached hydrogens (tertiary/aromatic N) is 1. The third-order valence-electron chi connectivity index (χ3n) is 2.93. The van der Waals surface area contributed by atoms with Gasteiger partial charge in [-0.05, 0) is 25.2 Å². The summed E-state index contributed by atoms with van der Waals surface area (Å²) >= 11 is 1.26. The van der Waals surface area contributed by atoms with Gasteiger partial charge in [0.2, 0.25) is 0 Å². The van der Waals surface area contributed by atoms with Gasteiger partial charge in [-0.3, -0.25) is 4.79 Å². The van der Waals surface area contributed by atoms with Gasteiger partial charge in [-0.15, -0.1) is 0 Å². The molecule has 0 aromatic carbocycles. The van der Waals surface area contributed by atoms with Crippen LogP contribution >= 0.6 is 11.3 Å². The lowest BCUT2D eigenvalue weighted by Crippen LogP contribution is -2.34. The van der Waals surface area contributed by atoms with E-state index in [0.29, 0.717) is 16.6 Å². The molecule has 114 valence electrons. The fourth-order valence-electron chi connectivity index (χ4n) is 1.77. The Labute approximate surface area is 123 Å². The fourth-order valence-corrected chi connectivity index (χ4v) is 2.64. The van der Waals surface area contributed by atoms with Crippen molar-refractivity contribution in [2.24, 2.45) is 5.41 Å². The average Bonchev–Trinajstić information content (AvgIpc) is 2.75. The van der Waals surface area contributed by atoms with Crippen LogP contribution in [0.25, 0.3) is 0 Å². The van der Waals surface area contributed by atoms with Crippen molar-refractivity contribution in [3.63, 3.8) is 0 Å². The Morgan fingerprint density at radius 2 is 2.20 bits per heavy atom. The van der Waals surface area contributed by atoms with E-state index in [0.717, 1.165) is 19.4 Å². The molecular formula is C13H24N4O2S. The predicted octanol–water partition coefficient (Wildman–Crippen LogP) is 1.69. The fraction of sp³-hybridized carbons (Fsp3) is 0.692. The minimum absolute atomic E-state index is 0.0532. The Balaban J connectivity index is 2.58. The van der Waals surface area contributed by atoms with Gasteiger partial charge in [0.1, 0.15) is 10.7 Å². The van der Waals surface area contributed by atoms with Gasteiger partial charge < -0.3 is 21.5 Å². The highest BCUT2D eigenvalue weighted by atomic mass is 32.1. The van der Waals surface area contributed by atoms with E-state index in [9.17, 15) is 4.79 Å². The Kier molecular flexibility index (Phi) is 6.22. The van der Waals surface area contributed by atoms with Crippen LogP contribution in [0.5, 0.6) is 0 Å². The molecule has 1 aromatic heterocycles. The van der Waals surface area contributed by atoms with Crippen LogP contribution in [0.1, 0.15) is 43.3 Å². The second kappa shape index (κ2) is 7.44. The predicted molar refractivity (Wildman–Crippen MR) is 83.1 cm³/mol. The summed E-state index contributed by atoms with van der Waals surface area (Å²) in [6.07, 6.45) is 1.58. The average molecular weight is 300 g/mol. The molecule has 0 aliphatic rings. The first-order valence-electron chi connectivity index (χ1n) is 6.79. The highest BCUT2D eigenvalue weighted by Crippen LogP contribution is 2.25. The highest BCUT2D eigenvalue weighted by molar-refractivity contribution is 7.18. The van der Waals surface area contributed by atoms with Gasteiger partial charge in [0.15, 0.2) is 5.13 Å². The van der Waals surface area contributed by atoms with Crippen molar-refractivity contribution >= 4 is 28.2 Å². The van der Waals surface area contributed by atoms with Crippen molar-refractivity contribution < 1.29 is 9.90 Å². The normalized spacial score (nSPS) is 11.4. The van der Waals surface area contributed by atoms with Gasteiger partial charge in [-0.25, -0.2) is 4.98 Å². The monoisotopic (exact) mass is 300 g/mol. The van der Waals surface area contributed by atoms with E-state index >= 15 is 0 Å². The van der Waals surface area contributed by atoms with Crippen LogP contribution in [-0.4, -0.2) is 35.7 Å². The number of aliphatic hydroxyl groups excluding tert-OH is 1. The van der Waals surface area contributed by atoms with Crippen molar-refractivity contribution in [3.05, 3.63) is 4.88 Å². The van der Waals surface area contributed by atoms with Gasteiger partial charge in [0.25, 0.3) is 5.91 Å². The minimum atomic E-state index is -0.193. The molecule has 1 heterocycles. The molecule has 1 rings (SSSR count). The largest absolute Gasteiger partial charge is 0.396 e. The SMILES string of the molecule is CCNc1nc(N)c(C(=O)NCC(C)(C)CCCO)s1. The van der Waals surface area contributed by atoms with Crippen LogP contribution in [0.15, 0.2) is 0 Å². The first kappa shape index (κ1) is 16.7. The molecule has 0 atom stereocenters. The number of rotatable bonds is 8. The second-order valence-electron chi connectivity index (χ2n) is 5.44. The van der Waals surface area contributed by atoms with E-state index in [1.807, 2.05) is 6.92 Å². The molecule has 1 amide bonds. The topological polar surface area (TPSA) is 100 Å². The van der Waals surface area contributed by atoms with Gasteiger partial charge in [0, 0.05) is 19.7 Å². The van der Waals surface area contributed by atoms with Crippen LogP contribution in [0.4, 0.5) is 10.9 Å². The number of nitrogens with two attached hydrogens (primary N) is 1. The second-order valence-corrected chi connectivity index (χ2v) is 6.44. The number of anilines is 2. The van der Waals surface area contributed by atoms with Gasteiger partial charge in [-0.1, -0.05) is 25.2 Å². The molecular weight excluding hydrogens is 276 g/mol. The molecule has 6 nitrogen and oxygen atoms in total. The van der Waals surface area contributed by atoms with E-state index in [1.54, 1.807) is 0 Å². The molecule has 0 unspecified atom stereocenters. The van der Waals surface area contributed by atoms with Crippen LogP contribution in [0.3, 0.4) is 0 Å². The molecule has 20 heavy (non-hydrogen) atoms. The standard InChI is InChI=1S/C13H24N4O2S/c1-4-15-12-17-10(14)9(20-12)11(19)16-8-13(2,3)6-5-7-18/h18H,4-8,14H2,1-3H3,(H,15,17)(H,16,19). The Morgan fingerprint density at radius 1 is 1.50 bits per heavy atom. The van der Waals surface area contributed by atoms with E-state index in [2.05, 4.69) is 29.5 Å². The van der Waals surface area contributed by atoms with Crippen LogP contribution in [0, 0.1) is 5.41 Å². The Hall–Kier alpha value is -1.34. The summed E-state index contributed by atoms with van der Waals surface area (Å²) in [7, 11) is 0. The molecule has 0 bridgehead atoms. The van der Waals surface area contributed by atoms with Crippen LogP contribution < -0.4 is 16.4 Å². The zero-order valence-electron chi connectivity index (χ0n) is 12.3. The van der Waals surface area contributed by atoms with Gasteiger partial charge in [0.05, 0.1) is 0 Å². The van der Waals surface area contributed by atoms with Crippen molar-refractivity contribution in [3.8, 4) is 0 Å². The third-order valence-corrected chi connectivity index (χ3v) is 3.95. The number of hydrogen-bond acceptors (Lipinski definition) is 6. The number of aliphatic hydroxyl groups is 1. The number of amides is 1. The molecule has 0 saturated heterocycles. The van der Waals surface area contributed by atoms with E-state index in [1.165, 1.54) is 11.3 Å². The number of carbonyl (C=O) groups excluding carboxylic acids is 1. The maximum atomic E-state index is 12.1. The molecule has 1 aromatic rings. The summed E-state index contributed by atoms with van der Waals surface area (Å²) in [4.78, 5) is 16.7. The maximum absolute atomic E-state index is 12.1. The van der Waals surface area contributed by atoms with Crippen molar-refractivity contribution in [2.45, 2.75) is 33.6 Å². The zero-order valence-corrected chi connectivity index (χ0v) is 13.1. The number of nitrogen functional groups attached to an aromatic ring is 1. The molecule has 0 saturated carbocycles. The van der Waals surface area contributed by atoms with E-state index < -0.39 is 0 Å². The number of thiazole rings is 1. The Morgan fingerprint density at radius 3 is 2.80 bits per heavy atom. The zero-order chi connectivity index (χ0) is 15.2. The molecule has 0 fully saturated rings. The maximum Gasteiger partial charge on any atom is 0.265 e. The first-order chi connectivity index (χ1) is 9.39. The van der Waals surface area contributed by atoms with Crippen molar-refractivity contribution in [1.29, 1.82) is 0 Å². The highest BCUT2D eigenvalue weighted by Gasteiger charge is 2.21. The lowest BCUT2D eigenvalue weighted by Gasteiger charge is -2.24. The quantitative estimate of drug-likeness (QED) is 0.585. The number of aromatic nitrogens is 1. The lowest BCUT2D eigenvalue weighted by atomic mass is 9.88. The molecule has 5 N–H and O–H groups in total. The van der Waals surface area contributed by atoms with E-state index in [-0.39, 0.29) is 23.7 Å². The molecule has 0 spiro atoms. The minimum Gasteiger partial charge on any atom is -0.396 e. The third kappa shape index (κ3) is 4.97. The lowest BCUT2D eigenvalue weighted by molar-refractivity contribution is 0.0937.